The van der Waals surface area contributed by atoms with Crippen molar-refractivity contribution in [2.75, 3.05) is 9.80 Å². The first-order valence-corrected chi connectivity index (χ1v) is 15.0. The van der Waals surface area contributed by atoms with Crippen molar-refractivity contribution in [3.63, 3.8) is 0 Å². The van der Waals surface area contributed by atoms with Gasteiger partial charge in [-0.2, -0.15) is 0 Å². The van der Waals surface area contributed by atoms with E-state index in [1.807, 2.05) is 0 Å². The molecule has 2 heteroatoms. The molecule has 0 aliphatic carbocycles. The molecule has 44 heavy (non-hydrogen) atoms. The van der Waals surface area contributed by atoms with Crippen LogP contribution in [0.5, 0.6) is 0 Å². The van der Waals surface area contributed by atoms with Crippen LogP contribution < -0.4 is 9.80 Å². The van der Waals surface area contributed by atoms with Crippen LogP contribution in [0.15, 0.2) is 182 Å². The molecule has 0 N–H and O–H groups in total. The summed E-state index contributed by atoms with van der Waals surface area (Å²) < 4.78 is 0. The van der Waals surface area contributed by atoms with Gasteiger partial charge in [-0.15, -0.1) is 0 Å². The summed E-state index contributed by atoms with van der Waals surface area (Å²) in [5.74, 6) is 0. The maximum Gasteiger partial charge on any atom is 0.0546 e. The lowest BCUT2D eigenvalue weighted by Gasteiger charge is -2.28. The minimum absolute atomic E-state index is 1.13. The van der Waals surface area contributed by atoms with Crippen molar-refractivity contribution in [2.45, 2.75) is 0 Å². The summed E-state index contributed by atoms with van der Waals surface area (Å²) in [5.41, 5.74) is 6.80. The Balaban J connectivity index is 1.42. The van der Waals surface area contributed by atoms with E-state index in [-0.39, 0.29) is 0 Å². The van der Waals surface area contributed by atoms with E-state index in [0.29, 0.717) is 0 Å². The van der Waals surface area contributed by atoms with Gasteiger partial charge in [-0.25, -0.2) is 0 Å². The number of para-hydroxylation sites is 4. The molecule has 8 aromatic rings. The Hall–Kier alpha value is -5.86. The summed E-state index contributed by atoms with van der Waals surface area (Å²) in [6.45, 7) is 0. The predicted molar refractivity (Wildman–Crippen MR) is 188 cm³/mol. The molecule has 0 unspecified atom stereocenters. The maximum atomic E-state index is 2.39. The predicted octanol–water partition coefficient (Wildman–Crippen LogP) is 12.1. The van der Waals surface area contributed by atoms with E-state index in [4.69, 9.17) is 0 Å². The second-order valence-electron chi connectivity index (χ2n) is 11.0. The molecule has 0 heterocycles. The molecule has 0 bridgehead atoms. The van der Waals surface area contributed by atoms with Crippen molar-refractivity contribution in [3.05, 3.63) is 182 Å². The van der Waals surface area contributed by atoms with Gasteiger partial charge >= 0.3 is 0 Å². The maximum absolute atomic E-state index is 2.39. The van der Waals surface area contributed by atoms with E-state index in [2.05, 4.69) is 192 Å². The van der Waals surface area contributed by atoms with Crippen molar-refractivity contribution in [3.8, 4) is 0 Å². The number of anilines is 6. The Morgan fingerprint density at radius 3 is 1.23 bits per heavy atom. The van der Waals surface area contributed by atoms with Gasteiger partial charge in [0.25, 0.3) is 0 Å². The first-order valence-electron chi connectivity index (χ1n) is 15.0. The summed E-state index contributed by atoms with van der Waals surface area (Å²) in [5, 5.41) is 7.39. The van der Waals surface area contributed by atoms with Gasteiger partial charge in [0.15, 0.2) is 0 Å². The van der Waals surface area contributed by atoms with Crippen LogP contribution in [0.2, 0.25) is 0 Å². The Labute approximate surface area is 257 Å². The van der Waals surface area contributed by atoms with Gasteiger partial charge in [0.1, 0.15) is 0 Å². The van der Waals surface area contributed by atoms with E-state index in [9.17, 15) is 0 Å². The zero-order chi connectivity index (χ0) is 29.3. The average molecular weight is 563 g/mol. The summed E-state index contributed by atoms with van der Waals surface area (Å²) in [6.07, 6.45) is 0. The quantitative estimate of drug-likeness (QED) is 0.186. The lowest BCUT2D eigenvalue weighted by atomic mass is 9.94. The number of fused-ring (bicyclic) bond motifs is 5. The zero-order valence-corrected chi connectivity index (χ0v) is 24.2. The van der Waals surface area contributed by atoms with Crippen LogP contribution in [0, 0.1) is 0 Å². The largest absolute Gasteiger partial charge is 0.310 e. The normalized spacial score (nSPS) is 11.2. The Morgan fingerprint density at radius 2 is 0.682 bits per heavy atom. The second-order valence-corrected chi connectivity index (χ2v) is 11.0. The Bertz CT molecular complexity index is 2130. The summed E-state index contributed by atoms with van der Waals surface area (Å²) in [7, 11) is 0. The molecule has 0 amide bonds. The molecule has 0 atom stereocenters. The highest BCUT2D eigenvalue weighted by atomic mass is 15.1. The molecule has 0 aliphatic heterocycles. The smallest absolute Gasteiger partial charge is 0.0546 e. The zero-order valence-electron chi connectivity index (χ0n) is 24.2. The van der Waals surface area contributed by atoms with E-state index in [1.165, 1.54) is 32.3 Å². The molecule has 8 aromatic carbocycles. The van der Waals surface area contributed by atoms with Gasteiger partial charge < -0.3 is 9.80 Å². The van der Waals surface area contributed by atoms with Crippen LogP contribution in [0.1, 0.15) is 0 Å². The van der Waals surface area contributed by atoms with Crippen molar-refractivity contribution in [2.24, 2.45) is 0 Å². The molecule has 8 rings (SSSR count). The second kappa shape index (κ2) is 11.1. The van der Waals surface area contributed by atoms with Crippen LogP contribution in [0.4, 0.5) is 34.1 Å². The van der Waals surface area contributed by atoms with E-state index in [0.717, 1.165) is 34.1 Å². The lowest BCUT2D eigenvalue weighted by molar-refractivity contribution is 1.29. The standard InChI is InChI=1S/C42H30N2/c1-5-15-32(16-6-1)43(33-17-7-2-8-18-33)36-27-25-31-26-28-38-37-23-13-14-24-39(37)42(30-41(38)40(31)29-36)44(34-19-9-3-10-20-34)35-21-11-4-12-22-35/h1-30H. The van der Waals surface area contributed by atoms with Gasteiger partial charge in [-0.1, -0.05) is 115 Å². The topological polar surface area (TPSA) is 6.48 Å². The molecular weight excluding hydrogens is 532 g/mol. The highest BCUT2D eigenvalue weighted by Crippen LogP contribution is 2.44. The van der Waals surface area contributed by atoms with Crippen molar-refractivity contribution in [1.29, 1.82) is 0 Å². The molecule has 2 nitrogen and oxygen atoms in total. The van der Waals surface area contributed by atoms with Crippen molar-refractivity contribution >= 4 is 66.4 Å². The van der Waals surface area contributed by atoms with Crippen LogP contribution >= 0.6 is 0 Å². The minimum Gasteiger partial charge on any atom is -0.310 e. The summed E-state index contributed by atoms with van der Waals surface area (Å²) in [4.78, 5) is 4.71. The van der Waals surface area contributed by atoms with Crippen LogP contribution in [0.25, 0.3) is 32.3 Å². The van der Waals surface area contributed by atoms with Gasteiger partial charge in [0.05, 0.1) is 5.69 Å². The van der Waals surface area contributed by atoms with Gasteiger partial charge in [-0.05, 0) is 93.7 Å². The fraction of sp³-hybridized carbons (Fsp3) is 0. The molecular formula is C42H30N2. The average Bonchev–Trinajstić information content (AvgIpc) is 3.10. The van der Waals surface area contributed by atoms with Crippen LogP contribution in [0.3, 0.4) is 0 Å². The third kappa shape index (κ3) is 4.54. The van der Waals surface area contributed by atoms with E-state index in [1.54, 1.807) is 0 Å². The Kier molecular flexibility index (Phi) is 6.51. The first kappa shape index (κ1) is 25.8. The number of benzene rings is 8. The molecule has 0 fully saturated rings. The molecule has 0 spiro atoms. The molecule has 0 aromatic heterocycles. The van der Waals surface area contributed by atoms with E-state index >= 15 is 0 Å². The fourth-order valence-electron chi connectivity index (χ4n) is 6.38. The third-order valence-electron chi connectivity index (χ3n) is 8.38. The molecule has 0 saturated heterocycles. The molecule has 0 radical (unpaired) electrons. The van der Waals surface area contributed by atoms with Gasteiger partial charge in [0.2, 0.25) is 0 Å². The monoisotopic (exact) mass is 562 g/mol. The number of hydrogen-bond acceptors (Lipinski definition) is 2. The fourth-order valence-corrected chi connectivity index (χ4v) is 6.38. The van der Waals surface area contributed by atoms with Crippen LogP contribution in [-0.2, 0) is 0 Å². The van der Waals surface area contributed by atoms with Gasteiger partial charge in [-0.3, -0.25) is 0 Å². The van der Waals surface area contributed by atoms with Gasteiger partial charge in [0, 0.05) is 33.8 Å². The van der Waals surface area contributed by atoms with Crippen LogP contribution in [-0.4, -0.2) is 0 Å². The highest BCUT2D eigenvalue weighted by molar-refractivity contribution is 6.21. The number of hydrogen-bond donors (Lipinski definition) is 0. The highest BCUT2D eigenvalue weighted by Gasteiger charge is 2.19. The molecule has 208 valence electrons. The molecule has 0 saturated carbocycles. The first-order chi connectivity index (χ1) is 21.8. The van der Waals surface area contributed by atoms with E-state index < -0.39 is 0 Å². The SMILES string of the molecule is c1ccc(N(c2ccccc2)c2ccc3ccc4c5ccccc5c(N(c5ccccc5)c5ccccc5)cc4c3c2)cc1. The minimum atomic E-state index is 1.13. The molecule has 0 aliphatic rings. The summed E-state index contributed by atoms with van der Waals surface area (Å²) >= 11 is 0. The Morgan fingerprint density at radius 1 is 0.250 bits per heavy atom. The van der Waals surface area contributed by atoms with Crippen molar-refractivity contribution < 1.29 is 0 Å². The summed E-state index contributed by atoms with van der Waals surface area (Å²) in [6, 6.07) is 65.1. The number of nitrogens with zero attached hydrogens (tertiary/aromatic N) is 2. The third-order valence-corrected chi connectivity index (χ3v) is 8.38. The van der Waals surface area contributed by atoms with Crippen molar-refractivity contribution in [1.82, 2.24) is 0 Å². The number of rotatable bonds is 6. The lowest BCUT2D eigenvalue weighted by Crippen LogP contribution is -2.10.